The van der Waals surface area contributed by atoms with E-state index in [0.29, 0.717) is 17.4 Å². The van der Waals surface area contributed by atoms with Crippen molar-refractivity contribution in [2.75, 3.05) is 42.9 Å². The zero-order valence-electron chi connectivity index (χ0n) is 15.4. The number of hydrogen-bond donors (Lipinski definition) is 3. The summed E-state index contributed by atoms with van der Waals surface area (Å²) in [6.07, 6.45) is 5.67. The van der Waals surface area contributed by atoms with Crippen LogP contribution in [0.25, 0.3) is 0 Å². The van der Waals surface area contributed by atoms with Gasteiger partial charge in [0.25, 0.3) is 5.91 Å². The number of pyridine rings is 2. The predicted molar refractivity (Wildman–Crippen MR) is 106 cm³/mol. The number of carbonyl (C=O) groups excluding carboxylic acids is 1. The Morgan fingerprint density at radius 2 is 2.11 bits per heavy atom. The fourth-order valence-corrected chi connectivity index (χ4v) is 3.71. The van der Waals surface area contributed by atoms with Crippen molar-refractivity contribution in [1.82, 2.24) is 20.6 Å². The lowest BCUT2D eigenvalue weighted by molar-refractivity contribution is 0.102. The quantitative estimate of drug-likeness (QED) is 0.719. The molecule has 7 nitrogen and oxygen atoms in total. The van der Waals surface area contributed by atoms with Crippen LogP contribution in [0.1, 0.15) is 23.3 Å². The van der Waals surface area contributed by atoms with Gasteiger partial charge in [0.1, 0.15) is 11.5 Å². The van der Waals surface area contributed by atoms with Gasteiger partial charge < -0.3 is 20.9 Å². The van der Waals surface area contributed by atoms with Crippen molar-refractivity contribution < 1.29 is 4.79 Å². The summed E-state index contributed by atoms with van der Waals surface area (Å²) < 4.78 is 0. The first-order valence-electron chi connectivity index (χ1n) is 9.65. The van der Waals surface area contributed by atoms with Gasteiger partial charge in [-0.05, 0) is 62.7 Å². The summed E-state index contributed by atoms with van der Waals surface area (Å²) in [5, 5.41) is 9.97. The van der Waals surface area contributed by atoms with E-state index in [9.17, 15) is 4.79 Å². The number of nitrogens with zero attached hydrogens (tertiary/aromatic N) is 3. The zero-order chi connectivity index (χ0) is 18.5. The highest BCUT2D eigenvalue weighted by Gasteiger charge is 2.25. The second-order valence-electron chi connectivity index (χ2n) is 7.27. The molecule has 4 heterocycles. The number of nitrogens with one attached hydrogen (secondary N) is 3. The molecular formula is C20H26N6O. The summed E-state index contributed by atoms with van der Waals surface area (Å²) in [5.74, 6) is 1.41. The Morgan fingerprint density at radius 3 is 2.93 bits per heavy atom. The van der Waals surface area contributed by atoms with Crippen LogP contribution in [-0.4, -0.2) is 54.6 Å². The van der Waals surface area contributed by atoms with E-state index < -0.39 is 0 Å². The van der Waals surface area contributed by atoms with Gasteiger partial charge in [-0.3, -0.25) is 9.78 Å². The topological polar surface area (TPSA) is 82.2 Å². The average Bonchev–Trinajstić information content (AvgIpc) is 3.39. The van der Waals surface area contributed by atoms with E-state index in [4.69, 9.17) is 0 Å². The average molecular weight is 366 g/mol. The molecule has 2 saturated heterocycles. The Kier molecular flexibility index (Phi) is 5.60. The zero-order valence-corrected chi connectivity index (χ0v) is 15.4. The van der Waals surface area contributed by atoms with Crippen LogP contribution in [0.5, 0.6) is 0 Å². The van der Waals surface area contributed by atoms with Crippen molar-refractivity contribution in [2.24, 2.45) is 5.92 Å². The molecule has 2 fully saturated rings. The number of rotatable bonds is 6. The minimum Gasteiger partial charge on any atom is -0.355 e. The molecule has 142 valence electrons. The lowest BCUT2D eigenvalue weighted by Crippen LogP contribution is -2.36. The maximum Gasteiger partial charge on any atom is 0.274 e. The molecule has 2 atom stereocenters. The first-order chi connectivity index (χ1) is 13.3. The Bertz CT molecular complexity index is 762. The molecule has 3 N–H and O–H groups in total. The molecule has 2 aromatic rings. The predicted octanol–water partition coefficient (Wildman–Crippen LogP) is 1.51. The van der Waals surface area contributed by atoms with Crippen LogP contribution >= 0.6 is 0 Å². The van der Waals surface area contributed by atoms with Crippen LogP contribution < -0.4 is 20.9 Å². The van der Waals surface area contributed by atoms with Crippen molar-refractivity contribution in [3.8, 4) is 0 Å². The van der Waals surface area contributed by atoms with Gasteiger partial charge in [-0.1, -0.05) is 6.07 Å². The number of amides is 1. The minimum absolute atomic E-state index is 0.203. The fraction of sp³-hybridized carbons (Fsp3) is 0.450. The molecular weight excluding hydrogens is 340 g/mol. The summed E-state index contributed by atoms with van der Waals surface area (Å²) in [4.78, 5) is 23.3. The minimum atomic E-state index is -0.203. The smallest absolute Gasteiger partial charge is 0.274 e. The maximum absolute atomic E-state index is 12.5. The normalized spacial score (nSPS) is 22.1. The molecule has 4 rings (SSSR count). The molecule has 0 spiro atoms. The van der Waals surface area contributed by atoms with E-state index in [2.05, 4.69) is 30.8 Å². The van der Waals surface area contributed by atoms with Gasteiger partial charge in [0, 0.05) is 37.2 Å². The van der Waals surface area contributed by atoms with Crippen molar-refractivity contribution in [2.45, 2.75) is 18.9 Å². The van der Waals surface area contributed by atoms with Gasteiger partial charge in [-0.15, -0.1) is 0 Å². The summed E-state index contributed by atoms with van der Waals surface area (Å²) in [5.41, 5.74) is 1.15. The molecule has 27 heavy (non-hydrogen) atoms. The van der Waals surface area contributed by atoms with Gasteiger partial charge in [0.05, 0.1) is 0 Å². The maximum atomic E-state index is 12.5. The van der Waals surface area contributed by atoms with Gasteiger partial charge in [-0.2, -0.15) is 0 Å². The van der Waals surface area contributed by atoms with Crippen molar-refractivity contribution in [3.63, 3.8) is 0 Å². The second-order valence-corrected chi connectivity index (χ2v) is 7.27. The Hall–Kier alpha value is -2.51. The summed E-state index contributed by atoms with van der Waals surface area (Å²) >= 11 is 0. The van der Waals surface area contributed by atoms with Crippen molar-refractivity contribution >= 4 is 17.4 Å². The number of anilines is 2. The van der Waals surface area contributed by atoms with E-state index >= 15 is 0 Å². The third-order valence-corrected chi connectivity index (χ3v) is 5.28. The fourth-order valence-electron chi connectivity index (χ4n) is 3.71. The summed E-state index contributed by atoms with van der Waals surface area (Å²) in [7, 11) is 0. The third kappa shape index (κ3) is 4.61. The van der Waals surface area contributed by atoms with Crippen LogP contribution in [0.15, 0.2) is 42.7 Å². The largest absolute Gasteiger partial charge is 0.355 e. The molecule has 1 amide bonds. The molecule has 2 aliphatic rings. The Balaban J connectivity index is 1.34. The standard InChI is InChI=1S/C20H26N6O/c27-20(24-16-5-9-21-10-6-16)18-2-1-3-19(25-18)26-11-7-17(14-26)23-13-15-4-8-22-12-15/h1-3,5-6,9-10,15,17,22-23H,4,7-8,11-14H2,(H,21,24,27)/t15-,17-/m1/s1. The monoisotopic (exact) mass is 366 g/mol. The molecule has 2 aromatic heterocycles. The van der Waals surface area contributed by atoms with Gasteiger partial charge in [0.2, 0.25) is 0 Å². The van der Waals surface area contributed by atoms with Crippen LogP contribution in [0, 0.1) is 5.92 Å². The van der Waals surface area contributed by atoms with Crippen LogP contribution in [-0.2, 0) is 0 Å². The van der Waals surface area contributed by atoms with Crippen molar-refractivity contribution in [1.29, 1.82) is 0 Å². The third-order valence-electron chi connectivity index (χ3n) is 5.28. The lowest BCUT2D eigenvalue weighted by atomic mass is 10.1. The van der Waals surface area contributed by atoms with Gasteiger partial charge in [-0.25, -0.2) is 4.98 Å². The second kappa shape index (κ2) is 8.45. The first kappa shape index (κ1) is 17.9. The van der Waals surface area contributed by atoms with E-state index in [0.717, 1.165) is 50.9 Å². The van der Waals surface area contributed by atoms with Gasteiger partial charge >= 0.3 is 0 Å². The molecule has 0 bridgehead atoms. The van der Waals surface area contributed by atoms with Gasteiger partial charge in [0.15, 0.2) is 0 Å². The highest BCUT2D eigenvalue weighted by Crippen LogP contribution is 2.19. The van der Waals surface area contributed by atoms with E-state index in [1.807, 2.05) is 12.1 Å². The first-order valence-corrected chi connectivity index (χ1v) is 9.65. The van der Waals surface area contributed by atoms with E-state index in [-0.39, 0.29) is 5.91 Å². The van der Waals surface area contributed by atoms with Crippen LogP contribution in [0.4, 0.5) is 11.5 Å². The highest BCUT2D eigenvalue weighted by molar-refractivity contribution is 6.03. The molecule has 0 radical (unpaired) electrons. The molecule has 2 aliphatic heterocycles. The number of aromatic nitrogens is 2. The van der Waals surface area contributed by atoms with Crippen LogP contribution in [0.3, 0.4) is 0 Å². The molecule has 0 aliphatic carbocycles. The number of hydrogen-bond acceptors (Lipinski definition) is 6. The van der Waals surface area contributed by atoms with E-state index in [1.165, 1.54) is 6.42 Å². The molecule has 0 unspecified atom stereocenters. The molecule has 0 saturated carbocycles. The number of carbonyl (C=O) groups is 1. The SMILES string of the molecule is O=C(Nc1ccncc1)c1cccc(N2CC[C@@H](NC[C@@H]3CCNC3)C2)n1. The summed E-state index contributed by atoms with van der Waals surface area (Å²) in [6, 6.07) is 9.64. The van der Waals surface area contributed by atoms with Crippen LogP contribution in [0.2, 0.25) is 0 Å². The highest BCUT2D eigenvalue weighted by atomic mass is 16.1. The Labute approximate surface area is 159 Å². The summed E-state index contributed by atoms with van der Waals surface area (Å²) in [6.45, 7) is 5.24. The lowest BCUT2D eigenvalue weighted by Gasteiger charge is -2.19. The molecule has 7 heteroatoms. The van der Waals surface area contributed by atoms with E-state index in [1.54, 1.807) is 30.6 Å². The van der Waals surface area contributed by atoms with Crippen molar-refractivity contribution in [3.05, 3.63) is 48.4 Å². The Morgan fingerprint density at radius 1 is 1.22 bits per heavy atom. The molecule has 0 aromatic carbocycles.